The Balaban J connectivity index is 0.00000220. The van der Waals surface area contributed by atoms with Crippen LogP contribution in [0.4, 0.5) is 9.18 Å². The quantitative estimate of drug-likeness (QED) is 0.417. The van der Waals surface area contributed by atoms with Crippen LogP contribution in [-0.4, -0.2) is 57.5 Å². The minimum Gasteiger partial charge on any atom is -1.00 e. The minimum absolute atomic E-state index is 0. The van der Waals surface area contributed by atoms with Gasteiger partial charge in [0.2, 0.25) is 5.91 Å². The Morgan fingerprint density at radius 2 is 2.19 bits per heavy atom. The molecule has 2 rings (SSSR count). The normalized spacial score (nSPS) is 26.8. The SMILES string of the molecule is CC1=C[C@@H]2CN(C(=O)N2OC(C)(F)C(=O)O)[C@@H]1C(N)=O.[H-].[Li+]. The summed E-state index contributed by atoms with van der Waals surface area (Å²) in [6.45, 7) is 2.37. The average molecular weight is 295 g/mol. The molecule has 0 saturated carbocycles. The van der Waals surface area contributed by atoms with Crippen molar-refractivity contribution in [3.8, 4) is 0 Å². The molecule has 0 spiro atoms. The van der Waals surface area contributed by atoms with E-state index in [0.717, 1.165) is 4.90 Å². The van der Waals surface area contributed by atoms with E-state index in [1.54, 1.807) is 6.92 Å². The molecule has 112 valence electrons. The Hall–Kier alpha value is -1.56. The van der Waals surface area contributed by atoms with Crippen molar-refractivity contribution in [3.05, 3.63) is 11.6 Å². The summed E-state index contributed by atoms with van der Waals surface area (Å²) in [4.78, 5) is 39.9. The monoisotopic (exact) mass is 295 g/mol. The topological polar surface area (TPSA) is 113 Å². The fraction of sp³-hybridized carbons (Fsp3) is 0.545. The van der Waals surface area contributed by atoms with E-state index in [4.69, 9.17) is 10.8 Å². The fourth-order valence-corrected chi connectivity index (χ4v) is 2.31. The maximum absolute atomic E-state index is 13.7. The molecule has 2 aliphatic heterocycles. The van der Waals surface area contributed by atoms with Crippen molar-refractivity contribution < 1.29 is 49.0 Å². The van der Waals surface area contributed by atoms with Crippen LogP contribution in [0.2, 0.25) is 0 Å². The maximum atomic E-state index is 13.7. The predicted molar refractivity (Wildman–Crippen MR) is 63.8 cm³/mol. The zero-order valence-electron chi connectivity index (χ0n) is 12.9. The third-order valence-corrected chi connectivity index (χ3v) is 3.24. The van der Waals surface area contributed by atoms with E-state index in [1.807, 2.05) is 0 Å². The van der Waals surface area contributed by atoms with Crippen LogP contribution in [-0.2, 0) is 14.4 Å². The number of urea groups is 1. The standard InChI is InChI=1S/C11H14FN3O5.Li.H/c1-5-3-6-4-14(7(5)8(13)16)10(19)15(6)20-11(2,12)9(17)18;;/h3,6-7H,4H2,1-2H3,(H2,13,16)(H,17,18);;/q;+1;-1/t6-,7+,11?;;/m1../s1. The van der Waals surface area contributed by atoms with Crippen LogP contribution < -0.4 is 24.6 Å². The number of carboxylic acids is 1. The summed E-state index contributed by atoms with van der Waals surface area (Å²) in [6.07, 6.45) is 1.54. The fourth-order valence-electron chi connectivity index (χ4n) is 2.31. The number of alkyl halides is 1. The first-order valence-electron chi connectivity index (χ1n) is 5.84. The number of hydroxylamine groups is 2. The van der Waals surface area contributed by atoms with Gasteiger partial charge in [-0.3, -0.25) is 4.79 Å². The number of nitrogens with two attached hydrogens (primary N) is 1. The zero-order valence-corrected chi connectivity index (χ0v) is 11.9. The largest absolute Gasteiger partial charge is 1.00 e. The van der Waals surface area contributed by atoms with E-state index in [1.165, 1.54) is 6.08 Å². The molecule has 10 heteroatoms. The van der Waals surface area contributed by atoms with E-state index in [-0.39, 0.29) is 26.8 Å². The molecule has 2 bridgehead atoms. The number of aliphatic carboxylic acids is 1. The molecule has 3 N–H and O–H groups in total. The van der Waals surface area contributed by atoms with Gasteiger partial charge < -0.3 is 17.2 Å². The molecule has 1 fully saturated rings. The summed E-state index contributed by atoms with van der Waals surface area (Å²) in [7, 11) is 0. The van der Waals surface area contributed by atoms with Crippen molar-refractivity contribution in [2.75, 3.05) is 6.54 Å². The number of fused-ring (bicyclic) bond motifs is 2. The number of carboxylic acid groups (broad SMARTS) is 1. The maximum Gasteiger partial charge on any atom is 1.00 e. The Morgan fingerprint density at radius 1 is 1.62 bits per heavy atom. The van der Waals surface area contributed by atoms with Crippen LogP contribution in [0, 0.1) is 0 Å². The molecule has 0 aromatic rings. The molecule has 1 unspecified atom stereocenters. The molecule has 21 heavy (non-hydrogen) atoms. The molecule has 0 aliphatic carbocycles. The molecule has 0 radical (unpaired) electrons. The van der Waals surface area contributed by atoms with Gasteiger partial charge in [-0.15, -0.1) is 0 Å². The Bertz CT molecular complexity index is 530. The summed E-state index contributed by atoms with van der Waals surface area (Å²) in [5.74, 6) is -5.61. The van der Waals surface area contributed by atoms with Gasteiger partial charge in [0.1, 0.15) is 6.04 Å². The van der Waals surface area contributed by atoms with E-state index in [9.17, 15) is 18.8 Å². The van der Waals surface area contributed by atoms with Gasteiger partial charge in [0.05, 0.1) is 12.6 Å². The predicted octanol–water partition coefficient (Wildman–Crippen LogP) is -3.28. The van der Waals surface area contributed by atoms with Crippen LogP contribution in [0.1, 0.15) is 15.3 Å². The Morgan fingerprint density at radius 3 is 2.67 bits per heavy atom. The molecule has 3 atom stereocenters. The van der Waals surface area contributed by atoms with E-state index < -0.39 is 35.8 Å². The number of nitrogens with zero attached hydrogens (tertiary/aromatic N) is 2. The zero-order chi connectivity index (χ0) is 15.2. The number of rotatable bonds is 4. The van der Waals surface area contributed by atoms with E-state index in [0.29, 0.717) is 17.6 Å². The van der Waals surface area contributed by atoms with Crippen molar-refractivity contribution in [2.45, 2.75) is 31.8 Å². The Labute approximate surface area is 133 Å². The van der Waals surface area contributed by atoms with Crippen LogP contribution >= 0.6 is 0 Å². The van der Waals surface area contributed by atoms with Gasteiger partial charge in [0.25, 0.3) is 0 Å². The third kappa shape index (κ3) is 2.90. The van der Waals surface area contributed by atoms with Crippen molar-refractivity contribution in [2.24, 2.45) is 5.73 Å². The van der Waals surface area contributed by atoms with Gasteiger partial charge in [-0.25, -0.2) is 14.4 Å². The number of hydrogen-bond donors (Lipinski definition) is 2. The van der Waals surface area contributed by atoms with Gasteiger partial charge in [-0.2, -0.15) is 9.45 Å². The van der Waals surface area contributed by atoms with Crippen molar-refractivity contribution in [1.82, 2.24) is 9.96 Å². The number of carbonyl (C=O) groups excluding carboxylic acids is 2. The molecule has 3 amide bonds. The summed E-state index contributed by atoms with van der Waals surface area (Å²) in [5.41, 5.74) is 5.76. The van der Waals surface area contributed by atoms with Crippen LogP contribution in [0.5, 0.6) is 0 Å². The van der Waals surface area contributed by atoms with E-state index >= 15 is 0 Å². The number of halogens is 1. The van der Waals surface area contributed by atoms with Crippen molar-refractivity contribution >= 4 is 17.9 Å². The van der Waals surface area contributed by atoms with Crippen LogP contribution in [0.3, 0.4) is 0 Å². The summed E-state index contributed by atoms with van der Waals surface area (Å²) < 4.78 is 13.7. The molecular weight excluding hydrogens is 280 g/mol. The molecule has 8 nitrogen and oxygen atoms in total. The number of hydrogen-bond acceptors (Lipinski definition) is 4. The number of carbonyl (C=O) groups is 3. The second-order valence-electron chi connectivity index (χ2n) is 4.86. The van der Waals surface area contributed by atoms with Gasteiger partial charge in [-0.05, 0) is 12.5 Å². The smallest absolute Gasteiger partial charge is 1.00 e. The van der Waals surface area contributed by atoms with Gasteiger partial charge in [-0.1, -0.05) is 6.08 Å². The summed E-state index contributed by atoms with van der Waals surface area (Å²) >= 11 is 0. The minimum atomic E-state index is -3.04. The van der Waals surface area contributed by atoms with Gasteiger partial charge in [0.15, 0.2) is 0 Å². The second-order valence-corrected chi connectivity index (χ2v) is 4.86. The van der Waals surface area contributed by atoms with Crippen molar-refractivity contribution in [3.63, 3.8) is 0 Å². The van der Waals surface area contributed by atoms with Crippen molar-refractivity contribution in [1.29, 1.82) is 0 Å². The second kappa shape index (κ2) is 5.67. The third-order valence-electron chi connectivity index (χ3n) is 3.24. The molecule has 0 aromatic carbocycles. The van der Waals surface area contributed by atoms with Crippen LogP contribution in [0.25, 0.3) is 0 Å². The number of amides is 3. The first-order valence-corrected chi connectivity index (χ1v) is 5.84. The molecule has 2 heterocycles. The average Bonchev–Trinajstić information content (AvgIpc) is 2.54. The summed E-state index contributed by atoms with van der Waals surface area (Å²) in [6, 6.07) is -2.38. The first kappa shape index (κ1) is 17.5. The molecule has 0 aromatic heterocycles. The van der Waals surface area contributed by atoms with E-state index in [2.05, 4.69) is 4.84 Å². The summed E-state index contributed by atoms with van der Waals surface area (Å²) in [5, 5.41) is 9.31. The van der Waals surface area contributed by atoms with Gasteiger partial charge >= 0.3 is 36.7 Å². The molecular formula is C11H15FLiN3O5. The first-order chi connectivity index (χ1) is 9.15. The molecule has 1 saturated heterocycles. The number of primary amides is 1. The van der Waals surface area contributed by atoms with Crippen LogP contribution in [0.15, 0.2) is 11.6 Å². The van der Waals surface area contributed by atoms with Gasteiger partial charge in [0, 0.05) is 6.92 Å². The Kier molecular flexibility index (Phi) is 4.72. The molecule has 2 aliphatic rings.